The van der Waals surface area contributed by atoms with Crippen molar-refractivity contribution >= 4 is 16.7 Å². The Bertz CT molecular complexity index is 681. The maximum absolute atomic E-state index is 11.6. The van der Waals surface area contributed by atoms with Gasteiger partial charge in [0.05, 0.1) is 7.11 Å². The third kappa shape index (κ3) is 2.90. The highest BCUT2D eigenvalue weighted by atomic mass is 16.5. The molecule has 0 aromatic heterocycles. The number of aliphatic carboxylic acids is 1. The Morgan fingerprint density at radius 3 is 2.62 bits per heavy atom. The number of ether oxygens (including phenoxy) is 1. The Balaban J connectivity index is 2.49. The second-order valence-electron chi connectivity index (χ2n) is 5.03. The van der Waals surface area contributed by atoms with Gasteiger partial charge in [-0.25, -0.2) is 4.79 Å². The molecule has 4 heteroatoms. The molecular formula is C17H19NO3. The summed E-state index contributed by atoms with van der Waals surface area (Å²) in [4.78, 5) is 11.6. The van der Waals surface area contributed by atoms with Gasteiger partial charge in [0.2, 0.25) is 0 Å². The summed E-state index contributed by atoms with van der Waals surface area (Å²) in [6.45, 7) is 5.69. The summed E-state index contributed by atoms with van der Waals surface area (Å²) in [6, 6.07) is 11.3. The molecule has 2 aromatic rings. The Morgan fingerprint density at radius 2 is 2.00 bits per heavy atom. The minimum Gasteiger partial charge on any atom is -0.497 e. The highest BCUT2D eigenvalue weighted by molar-refractivity contribution is 5.87. The molecule has 1 atom stereocenters. The van der Waals surface area contributed by atoms with Gasteiger partial charge in [-0.3, -0.25) is 5.32 Å². The number of nitrogens with one attached hydrogen (secondary N) is 1. The summed E-state index contributed by atoms with van der Waals surface area (Å²) < 4.78 is 5.19. The van der Waals surface area contributed by atoms with Crippen molar-refractivity contribution in [1.82, 2.24) is 5.32 Å². The lowest BCUT2D eigenvalue weighted by atomic mass is 9.90. The fourth-order valence-corrected chi connectivity index (χ4v) is 2.24. The van der Waals surface area contributed by atoms with Crippen molar-refractivity contribution in [3.05, 3.63) is 54.6 Å². The summed E-state index contributed by atoms with van der Waals surface area (Å²) >= 11 is 0. The van der Waals surface area contributed by atoms with Crippen LogP contribution in [0.2, 0.25) is 0 Å². The van der Waals surface area contributed by atoms with Crippen molar-refractivity contribution in [3.63, 3.8) is 0 Å². The fourth-order valence-electron chi connectivity index (χ4n) is 2.24. The van der Waals surface area contributed by atoms with Crippen molar-refractivity contribution in [1.29, 1.82) is 0 Å². The van der Waals surface area contributed by atoms with Gasteiger partial charge in [0.1, 0.15) is 11.3 Å². The van der Waals surface area contributed by atoms with E-state index in [4.69, 9.17) is 4.74 Å². The predicted octanol–water partition coefficient (Wildman–Crippen LogP) is 2.92. The Kier molecular flexibility index (Phi) is 4.29. The lowest BCUT2D eigenvalue weighted by Crippen LogP contribution is -2.46. The molecule has 0 fully saturated rings. The molecule has 0 amide bonds. The fraction of sp³-hybridized carbons (Fsp3) is 0.235. The van der Waals surface area contributed by atoms with Crippen molar-refractivity contribution < 1.29 is 14.6 Å². The van der Waals surface area contributed by atoms with E-state index in [0.29, 0.717) is 12.1 Å². The maximum atomic E-state index is 11.6. The Morgan fingerprint density at radius 1 is 1.33 bits per heavy atom. The van der Waals surface area contributed by atoms with Gasteiger partial charge in [-0.1, -0.05) is 24.3 Å². The monoisotopic (exact) mass is 285 g/mol. The van der Waals surface area contributed by atoms with Crippen LogP contribution in [-0.2, 0) is 10.3 Å². The van der Waals surface area contributed by atoms with E-state index in [1.807, 2.05) is 36.4 Å². The molecule has 2 rings (SSSR count). The molecular weight excluding hydrogens is 266 g/mol. The van der Waals surface area contributed by atoms with Crippen molar-refractivity contribution in [2.24, 2.45) is 0 Å². The topological polar surface area (TPSA) is 58.6 Å². The summed E-state index contributed by atoms with van der Waals surface area (Å²) in [7, 11) is 1.62. The molecule has 0 bridgehead atoms. The van der Waals surface area contributed by atoms with E-state index in [0.717, 1.165) is 16.5 Å². The molecule has 0 aliphatic carbocycles. The normalized spacial score (nSPS) is 13.6. The molecule has 4 nitrogen and oxygen atoms in total. The molecule has 0 saturated heterocycles. The minimum atomic E-state index is -1.15. The van der Waals surface area contributed by atoms with Crippen LogP contribution in [0.4, 0.5) is 0 Å². The van der Waals surface area contributed by atoms with E-state index < -0.39 is 11.5 Å². The first-order chi connectivity index (χ1) is 10.0. The van der Waals surface area contributed by atoms with Gasteiger partial charge >= 0.3 is 5.97 Å². The molecule has 0 aliphatic rings. The first-order valence-corrected chi connectivity index (χ1v) is 6.69. The third-order valence-corrected chi connectivity index (χ3v) is 3.65. The zero-order valence-electron chi connectivity index (χ0n) is 12.2. The van der Waals surface area contributed by atoms with Crippen LogP contribution in [0.5, 0.6) is 5.75 Å². The average Bonchev–Trinajstić information content (AvgIpc) is 2.51. The molecule has 0 spiro atoms. The summed E-state index contributed by atoms with van der Waals surface area (Å²) in [5, 5.41) is 14.5. The number of benzene rings is 2. The van der Waals surface area contributed by atoms with Crippen LogP contribution >= 0.6 is 0 Å². The lowest BCUT2D eigenvalue weighted by Gasteiger charge is -2.26. The third-order valence-electron chi connectivity index (χ3n) is 3.65. The average molecular weight is 285 g/mol. The predicted molar refractivity (Wildman–Crippen MR) is 83.7 cm³/mol. The summed E-state index contributed by atoms with van der Waals surface area (Å²) in [5.41, 5.74) is -0.447. The Labute approximate surface area is 124 Å². The van der Waals surface area contributed by atoms with E-state index in [-0.39, 0.29) is 0 Å². The maximum Gasteiger partial charge on any atom is 0.328 e. The van der Waals surface area contributed by atoms with Crippen molar-refractivity contribution in [3.8, 4) is 5.75 Å². The van der Waals surface area contributed by atoms with Gasteiger partial charge in [0.15, 0.2) is 0 Å². The van der Waals surface area contributed by atoms with Gasteiger partial charge in [-0.05, 0) is 41.5 Å². The first kappa shape index (κ1) is 15.1. The van der Waals surface area contributed by atoms with E-state index in [2.05, 4.69) is 11.9 Å². The number of rotatable bonds is 6. The number of carboxylic acid groups (broad SMARTS) is 1. The van der Waals surface area contributed by atoms with E-state index in [1.54, 1.807) is 20.1 Å². The van der Waals surface area contributed by atoms with E-state index in [1.165, 1.54) is 0 Å². The van der Waals surface area contributed by atoms with Crippen molar-refractivity contribution in [2.75, 3.05) is 13.7 Å². The summed E-state index contributed by atoms with van der Waals surface area (Å²) in [6.07, 6.45) is 1.65. The molecule has 0 saturated carbocycles. The summed E-state index contributed by atoms with van der Waals surface area (Å²) in [5.74, 6) is -0.141. The minimum absolute atomic E-state index is 0.420. The van der Waals surface area contributed by atoms with Gasteiger partial charge < -0.3 is 9.84 Å². The van der Waals surface area contributed by atoms with Gasteiger partial charge in [-0.2, -0.15) is 0 Å². The smallest absolute Gasteiger partial charge is 0.328 e. The zero-order chi connectivity index (χ0) is 15.5. The van der Waals surface area contributed by atoms with Crippen LogP contribution in [0.25, 0.3) is 10.8 Å². The molecule has 0 heterocycles. The van der Waals surface area contributed by atoms with E-state index >= 15 is 0 Å². The highest BCUT2D eigenvalue weighted by Crippen LogP contribution is 2.27. The van der Waals surface area contributed by atoms with Crippen LogP contribution in [0, 0.1) is 0 Å². The lowest BCUT2D eigenvalue weighted by molar-refractivity contribution is -0.144. The quantitative estimate of drug-likeness (QED) is 0.801. The van der Waals surface area contributed by atoms with Gasteiger partial charge in [0, 0.05) is 6.54 Å². The van der Waals surface area contributed by atoms with Crippen LogP contribution in [-0.4, -0.2) is 24.7 Å². The molecule has 1 unspecified atom stereocenters. The number of hydrogen-bond donors (Lipinski definition) is 2. The van der Waals surface area contributed by atoms with Crippen LogP contribution in [0.15, 0.2) is 49.1 Å². The number of carboxylic acids is 1. The van der Waals surface area contributed by atoms with Gasteiger partial charge in [-0.15, -0.1) is 6.58 Å². The van der Waals surface area contributed by atoms with Crippen LogP contribution < -0.4 is 10.1 Å². The number of fused-ring (bicyclic) bond motifs is 1. The molecule has 21 heavy (non-hydrogen) atoms. The molecule has 0 radical (unpaired) electrons. The second kappa shape index (κ2) is 5.97. The SMILES string of the molecule is C=CCNC(C)(C(=O)O)c1ccc2cc(OC)ccc2c1. The van der Waals surface area contributed by atoms with Gasteiger partial charge in [0.25, 0.3) is 0 Å². The number of carbonyl (C=O) groups is 1. The Hall–Kier alpha value is -2.33. The van der Waals surface area contributed by atoms with E-state index in [9.17, 15) is 9.90 Å². The molecule has 110 valence electrons. The molecule has 0 aliphatic heterocycles. The standard InChI is InChI=1S/C17H19NO3/c1-4-9-18-17(2,16(19)20)14-7-5-13-11-15(21-3)8-6-12(13)10-14/h4-8,10-11,18H,1,9H2,2-3H3,(H,19,20). The highest BCUT2D eigenvalue weighted by Gasteiger charge is 2.34. The van der Waals surface area contributed by atoms with Crippen LogP contribution in [0.3, 0.4) is 0 Å². The van der Waals surface area contributed by atoms with Crippen LogP contribution in [0.1, 0.15) is 12.5 Å². The second-order valence-corrected chi connectivity index (χ2v) is 5.03. The number of methoxy groups -OCH3 is 1. The zero-order valence-corrected chi connectivity index (χ0v) is 12.2. The largest absolute Gasteiger partial charge is 0.497 e. The van der Waals surface area contributed by atoms with Crippen molar-refractivity contribution in [2.45, 2.75) is 12.5 Å². The molecule has 2 N–H and O–H groups in total. The molecule has 2 aromatic carbocycles. The first-order valence-electron chi connectivity index (χ1n) is 6.69. The number of hydrogen-bond acceptors (Lipinski definition) is 3.